The van der Waals surface area contributed by atoms with Crippen molar-refractivity contribution < 1.29 is 0 Å². The smallest absolute Gasteiger partial charge is 0.0529 e. The summed E-state index contributed by atoms with van der Waals surface area (Å²) in [7, 11) is 0. The van der Waals surface area contributed by atoms with E-state index >= 15 is 0 Å². The monoisotopic (exact) mass is 405 g/mol. The average molecular weight is 407 g/mol. The molecule has 0 fully saturated rings. The number of anilines is 3. The molecule has 3 aromatic rings. The fraction of sp³-hybridized carbons (Fsp3) is 0.0625. The predicted molar refractivity (Wildman–Crippen MR) is 96.0 cm³/mol. The average Bonchev–Trinajstić information content (AvgIpc) is 2.44. The maximum atomic E-state index is 6.04. The third-order valence-electron chi connectivity index (χ3n) is 3.27. The molecule has 106 valence electrons. The van der Waals surface area contributed by atoms with Crippen molar-refractivity contribution in [3.8, 4) is 0 Å². The van der Waals surface area contributed by atoms with Crippen molar-refractivity contribution in [2.24, 2.45) is 0 Å². The Balaban J connectivity index is 2.12. The van der Waals surface area contributed by atoms with Gasteiger partial charge in [-0.2, -0.15) is 0 Å². The van der Waals surface area contributed by atoms with Crippen LogP contribution in [0.25, 0.3) is 10.8 Å². The number of nitrogen functional groups attached to an aromatic ring is 1. The van der Waals surface area contributed by atoms with Crippen LogP contribution in [-0.2, 0) is 0 Å². The van der Waals surface area contributed by atoms with Gasteiger partial charge >= 0.3 is 0 Å². The summed E-state index contributed by atoms with van der Waals surface area (Å²) in [5, 5.41) is 5.47. The summed E-state index contributed by atoms with van der Waals surface area (Å²) in [6.45, 7) is 1.97. The molecule has 0 radical (unpaired) electrons. The van der Waals surface area contributed by atoms with Crippen molar-refractivity contribution in [1.82, 2.24) is 4.98 Å². The number of aryl methyl sites for hydroxylation is 1. The van der Waals surface area contributed by atoms with Gasteiger partial charge in [0.25, 0.3) is 0 Å². The van der Waals surface area contributed by atoms with Gasteiger partial charge in [0, 0.05) is 43.0 Å². The molecule has 1 aromatic heterocycles. The zero-order valence-electron chi connectivity index (χ0n) is 11.3. The second-order valence-electron chi connectivity index (χ2n) is 4.82. The zero-order valence-corrected chi connectivity index (χ0v) is 14.5. The molecule has 21 heavy (non-hydrogen) atoms. The van der Waals surface area contributed by atoms with Crippen LogP contribution in [0.2, 0.25) is 0 Å². The maximum Gasteiger partial charge on any atom is 0.0529 e. The van der Waals surface area contributed by atoms with E-state index in [1.807, 2.05) is 49.5 Å². The summed E-state index contributed by atoms with van der Waals surface area (Å²) >= 11 is 7.03. The number of nitrogens with zero attached hydrogens (tertiary/aromatic N) is 1. The molecule has 5 heteroatoms. The van der Waals surface area contributed by atoms with Crippen molar-refractivity contribution in [3.63, 3.8) is 0 Å². The third kappa shape index (κ3) is 2.89. The number of aromatic nitrogens is 1. The summed E-state index contributed by atoms with van der Waals surface area (Å²) in [5.41, 5.74) is 9.74. The summed E-state index contributed by atoms with van der Waals surface area (Å²) in [6.07, 6.45) is 1.82. The molecule has 0 bridgehead atoms. The van der Waals surface area contributed by atoms with E-state index in [2.05, 4.69) is 42.2 Å². The second kappa shape index (κ2) is 5.66. The topological polar surface area (TPSA) is 50.9 Å². The molecule has 3 rings (SSSR count). The predicted octanol–water partition coefficient (Wildman–Crippen LogP) is 5.39. The molecule has 2 aromatic carbocycles. The highest BCUT2D eigenvalue weighted by molar-refractivity contribution is 9.11. The van der Waals surface area contributed by atoms with E-state index in [1.54, 1.807) is 0 Å². The van der Waals surface area contributed by atoms with Crippen LogP contribution in [-0.4, -0.2) is 4.98 Å². The first-order valence-electron chi connectivity index (χ1n) is 6.41. The molecule has 0 saturated heterocycles. The van der Waals surface area contributed by atoms with E-state index in [1.165, 1.54) is 0 Å². The van der Waals surface area contributed by atoms with Gasteiger partial charge in [0.15, 0.2) is 0 Å². The number of fused-ring (bicyclic) bond motifs is 1. The summed E-state index contributed by atoms with van der Waals surface area (Å²) in [5.74, 6) is 0. The number of halogens is 2. The molecule has 0 spiro atoms. The number of nitrogens with one attached hydrogen (secondary N) is 1. The van der Waals surface area contributed by atoms with E-state index in [9.17, 15) is 0 Å². The van der Waals surface area contributed by atoms with Crippen molar-refractivity contribution in [3.05, 3.63) is 57.2 Å². The highest BCUT2D eigenvalue weighted by atomic mass is 79.9. The fourth-order valence-corrected chi connectivity index (χ4v) is 3.36. The second-order valence-corrected chi connectivity index (χ2v) is 6.59. The molecular weight excluding hydrogens is 394 g/mol. The van der Waals surface area contributed by atoms with Gasteiger partial charge in [-0.15, -0.1) is 0 Å². The van der Waals surface area contributed by atoms with E-state index in [0.717, 1.165) is 42.5 Å². The number of rotatable bonds is 2. The van der Waals surface area contributed by atoms with Crippen molar-refractivity contribution in [2.75, 3.05) is 11.1 Å². The summed E-state index contributed by atoms with van der Waals surface area (Å²) in [4.78, 5) is 4.32. The molecule has 0 aliphatic heterocycles. The molecule has 0 atom stereocenters. The third-order valence-corrected chi connectivity index (χ3v) is 4.42. The number of benzene rings is 2. The van der Waals surface area contributed by atoms with Gasteiger partial charge < -0.3 is 11.1 Å². The highest BCUT2D eigenvalue weighted by Crippen LogP contribution is 2.33. The number of pyridine rings is 1. The molecule has 1 heterocycles. The van der Waals surface area contributed by atoms with E-state index < -0.39 is 0 Å². The lowest BCUT2D eigenvalue weighted by molar-refractivity contribution is 1.22. The van der Waals surface area contributed by atoms with Crippen LogP contribution in [0.5, 0.6) is 0 Å². The van der Waals surface area contributed by atoms with Crippen LogP contribution < -0.4 is 11.1 Å². The number of hydrogen-bond acceptors (Lipinski definition) is 3. The van der Waals surface area contributed by atoms with Crippen LogP contribution in [0.3, 0.4) is 0 Å². The first kappa shape index (κ1) is 14.4. The van der Waals surface area contributed by atoms with E-state index in [4.69, 9.17) is 5.73 Å². The summed E-state index contributed by atoms with van der Waals surface area (Å²) < 4.78 is 2.02. The van der Waals surface area contributed by atoms with Gasteiger partial charge in [0.05, 0.1) is 5.69 Å². The van der Waals surface area contributed by atoms with Crippen LogP contribution in [0.4, 0.5) is 17.1 Å². The van der Waals surface area contributed by atoms with Crippen LogP contribution in [0, 0.1) is 6.92 Å². The SMILES string of the molecule is Cc1cc2c(Nc3ccc(Br)cc3Br)ccc(N)c2cn1. The molecule has 0 saturated carbocycles. The van der Waals surface area contributed by atoms with Gasteiger partial charge in [-0.05, 0) is 59.3 Å². The minimum absolute atomic E-state index is 0.734. The van der Waals surface area contributed by atoms with Crippen LogP contribution >= 0.6 is 31.9 Å². The van der Waals surface area contributed by atoms with Gasteiger partial charge in [0.1, 0.15) is 0 Å². The lowest BCUT2D eigenvalue weighted by Gasteiger charge is -2.13. The van der Waals surface area contributed by atoms with E-state index in [0.29, 0.717) is 0 Å². The first-order chi connectivity index (χ1) is 10.0. The van der Waals surface area contributed by atoms with Crippen LogP contribution in [0.1, 0.15) is 5.69 Å². The Hall–Kier alpha value is -1.59. The van der Waals surface area contributed by atoms with Gasteiger partial charge in [-0.1, -0.05) is 15.9 Å². The van der Waals surface area contributed by atoms with Gasteiger partial charge in [-0.3, -0.25) is 4.98 Å². The normalized spacial score (nSPS) is 10.8. The lowest BCUT2D eigenvalue weighted by Crippen LogP contribution is -1.96. The minimum atomic E-state index is 0.734. The van der Waals surface area contributed by atoms with Crippen LogP contribution in [0.15, 0.2) is 51.5 Å². The Kier molecular flexibility index (Phi) is 3.87. The number of nitrogens with two attached hydrogens (primary N) is 1. The maximum absolute atomic E-state index is 6.04. The molecule has 0 unspecified atom stereocenters. The molecule has 0 aliphatic rings. The molecule has 3 N–H and O–H groups in total. The van der Waals surface area contributed by atoms with Gasteiger partial charge in [0.2, 0.25) is 0 Å². The van der Waals surface area contributed by atoms with E-state index in [-0.39, 0.29) is 0 Å². The molecule has 0 aliphatic carbocycles. The standard InChI is InChI=1S/C16H13Br2N3/c1-9-6-11-12(8-20-9)14(19)3-5-15(11)21-16-4-2-10(17)7-13(16)18/h2-8,21H,19H2,1H3. The Morgan fingerprint density at radius 3 is 2.52 bits per heavy atom. The quantitative estimate of drug-likeness (QED) is 0.560. The van der Waals surface area contributed by atoms with Crippen molar-refractivity contribution >= 4 is 59.7 Å². The highest BCUT2D eigenvalue weighted by Gasteiger charge is 2.07. The van der Waals surface area contributed by atoms with Gasteiger partial charge in [-0.25, -0.2) is 0 Å². The molecule has 0 amide bonds. The first-order valence-corrected chi connectivity index (χ1v) is 8.00. The Bertz CT molecular complexity index is 831. The Morgan fingerprint density at radius 2 is 1.76 bits per heavy atom. The minimum Gasteiger partial charge on any atom is -0.398 e. The zero-order chi connectivity index (χ0) is 15.0. The largest absolute Gasteiger partial charge is 0.398 e. The fourth-order valence-electron chi connectivity index (χ4n) is 2.21. The van der Waals surface area contributed by atoms with Crippen molar-refractivity contribution in [2.45, 2.75) is 6.92 Å². The lowest BCUT2D eigenvalue weighted by atomic mass is 10.1. The molecular formula is C16H13Br2N3. The van der Waals surface area contributed by atoms with Crippen molar-refractivity contribution in [1.29, 1.82) is 0 Å². The summed E-state index contributed by atoms with van der Waals surface area (Å²) in [6, 6.07) is 12.0. The Labute approximate surface area is 139 Å². The number of hydrogen-bond donors (Lipinski definition) is 2. The molecule has 3 nitrogen and oxygen atoms in total. The Morgan fingerprint density at radius 1 is 1.00 bits per heavy atom.